The fourth-order valence-electron chi connectivity index (χ4n) is 2.65. The van der Waals surface area contributed by atoms with Crippen LogP contribution < -0.4 is 0 Å². The van der Waals surface area contributed by atoms with Gasteiger partial charge in [0, 0.05) is 15.8 Å². The van der Waals surface area contributed by atoms with E-state index in [2.05, 4.69) is 15.2 Å². The summed E-state index contributed by atoms with van der Waals surface area (Å²) in [5, 5.41) is 9.37. The van der Waals surface area contributed by atoms with Crippen LogP contribution in [0.3, 0.4) is 0 Å². The molecule has 0 aliphatic rings. The van der Waals surface area contributed by atoms with Gasteiger partial charge < -0.3 is 4.98 Å². The van der Waals surface area contributed by atoms with Crippen LogP contribution in [0, 0.1) is 0 Å². The Morgan fingerprint density at radius 3 is 2.62 bits per heavy atom. The lowest BCUT2D eigenvalue weighted by atomic mass is 10.1. The molecule has 0 atom stereocenters. The molecular formula is C15H9Cl2N3O3S. The Morgan fingerprint density at radius 2 is 1.88 bits per heavy atom. The summed E-state index contributed by atoms with van der Waals surface area (Å²) in [5.74, 6) is 0. The molecule has 4 aromatic rings. The Kier molecular flexibility index (Phi) is 3.36. The van der Waals surface area contributed by atoms with Crippen molar-refractivity contribution in [3.63, 3.8) is 0 Å². The average molecular weight is 382 g/mol. The topological polar surface area (TPSA) is 98.8 Å². The molecule has 0 spiro atoms. The third-order valence-corrected chi connectivity index (χ3v) is 5.10. The average Bonchev–Trinajstić information content (AvgIpc) is 3.09. The maximum Gasteiger partial charge on any atom is 0.294 e. The maximum atomic E-state index is 11.3. The minimum absolute atomic E-state index is 0.189. The second-order valence-electron chi connectivity index (χ2n) is 5.29. The molecule has 0 amide bonds. The predicted molar refractivity (Wildman–Crippen MR) is 93.2 cm³/mol. The first-order valence-electron chi connectivity index (χ1n) is 6.77. The van der Waals surface area contributed by atoms with Gasteiger partial charge >= 0.3 is 0 Å². The van der Waals surface area contributed by atoms with Gasteiger partial charge in [0.15, 0.2) is 0 Å². The van der Waals surface area contributed by atoms with E-state index in [9.17, 15) is 13.0 Å². The molecule has 0 radical (unpaired) electrons. The van der Waals surface area contributed by atoms with Gasteiger partial charge in [-0.1, -0.05) is 23.2 Å². The molecule has 0 aliphatic carbocycles. The Morgan fingerprint density at radius 1 is 1.08 bits per heavy atom. The van der Waals surface area contributed by atoms with Crippen LogP contribution in [0.2, 0.25) is 10.0 Å². The first-order chi connectivity index (χ1) is 11.3. The van der Waals surface area contributed by atoms with Crippen molar-refractivity contribution in [3.05, 3.63) is 46.4 Å². The van der Waals surface area contributed by atoms with Gasteiger partial charge in [0.1, 0.15) is 5.69 Å². The third kappa shape index (κ3) is 2.46. The van der Waals surface area contributed by atoms with Gasteiger partial charge in [-0.3, -0.25) is 9.65 Å². The van der Waals surface area contributed by atoms with Gasteiger partial charge in [0.05, 0.1) is 26.6 Å². The first kappa shape index (κ1) is 15.5. The quantitative estimate of drug-likeness (QED) is 0.451. The van der Waals surface area contributed by atoms with Crippen molar-refractivity contribution in [2.45, 2.75) is 4.90 Å². The highest BCUT2D eigenvalue weighted by molar-refractivity contribution is 7.85. The van der Waals surface area contributed by atoms with E-state index in [1.807, 2.05) is 6.07 Å². The smallest absolute Gasteiger partial charge is 0.294 e. The summed E-state index contributed by atoms with van der Waals surface area (Å²) in [6.07, 6.45) is 0. The molecule has 0 bridgehead atoms. The van der Waals surface area contributed by atoms with Crippen molar-refractivity contribution in [3.8, 4) is 11.4 Å². The molecular weight excluding hydrogens is 373 g/mol. The van der Waals surface area contributed by atoms with Crippen LogP contribution in [0.5, 0.6) is 0 Å². The Balaban J connectivity index is 1.95. The molecule has 0 aliphatic heterocycles. The summed E-state index contributed by atoms with van der Waals surface area (Å²) < 4.78 is 31.9. The fraction of sp³-hybridized carbons (Fsp3) is 0. The number of nitrogens with zero attached hydrogens (tertiary/aromatic N) is 1. The number of H-pyrrole nitrogens is 2. The van der Waals surface area contributed by atoms with E-state index >= 15 is 0 Å². The number of aromatic nitrogens is 3. The molecule has 2 aromatic carbocycles. The summed E-state index contributed by atoms with van der Waals surface area (Å²) >= 11 is 12.1. The first-order valence-corrected chi connectivity index (χ1v) is 8.96. The molecule has 9 heteroatoms. The van der Waals surface area contributed by atoms with E-state index in [-0.39, 0.29) is 9.92 Å². The standard InChI is InChI=1S/C15H9Cl2N3O3S/c16-8-1-2-10-12(5-8)19-20-15(10)13-4-7-3-9(24(21,22)23)6-11(17)14(7)18-13/h1-6,18H,(H,19,20)(H,21,22,23). The number of hydrogen-bond donors (Lipinski definition) is 3. The van der Waals surface area contributed by atoms with E-state index in [4.69, 9.17) is 23.2 Å². The van der Waals surface area contributed by atoms with Crippen LogP contribution in [-0.2, 0) is 10.1 Å². The summed E-state index contributed by atoms with van der Waals surface area (Å²) in [6, 6.07) is 9.63. The van der Waals surface area contributed by atoms with Gasteiger partial charge in [-0.25, -0.2) is 0 Å². The van der Waals surface area contributed by atoms with Crippen LogP contribution in [0.15, 0.2) is 41.3 Å². The largest absolute Gasteiger partial charge is 0.352 e. The van der Waals surface area contributed by atoms with Crippen LogP contribution in [0.25, 0.3) is 33.2 Å². The van der Waals surface area contributed by atoms with Gasteiger partial charge in [-0.05, 0) is 36.4 Å². The monoisotopic (exact) mass is 381 g/mol. The van der Waals surface area contributed by atoms with Crippen molar-refractivity contribution in [2.24, 2.45) is 0 Å². The third-order valence-electron chi connectivity index (χ3n) is 3.73. The number of fused-ring (bicyclic) bond motifs is 2. The zero-order valence-corrected chi connectivity index (χ0v) is 14.2. The van der Waals surface area contributed by atoms with Gasteiger partial charge in [-0.15, -0.1) is 0 Å². The highest BCUT2D eigenvalue weighted by Gasteiger charge is 2.17. The van der Waals surface area contributed by atoms with Crippen LogP contribution in [0.4, 0.5) is 0 Å². The van der Waals surface area contributed by atoms with Gasteiger partial charge in [0.2, 0.25) is 0 Å². The molecule has 122 valence electrons. The molecule has 24 heavy (non-hydrogen) atoms. The molecule has 0 saturated carbocycles. The number of aromatic amines is 2. The molecule has 0 saturated heterocycles. The fourth-order valence-corrected chi connectivity index (χ4v) is 3.70. The van der Waals surface area contributed by atoms with Crippen molar-refractivity contribution in [2.75, 3.05) is 0 Å². The van der Waals surface area contributed by atoms with Crippen LogP contribution >= 0.6 is 23.2 Å². The molecule has 2 heterocycles. The second-order valence-corrected chi connectivity index (χ2v) is 7.55. The lowest BCUT2D eigenvalue weighted by molar-refractivity contribution is 0.483. The zero-order valence-electron chi connectivity index (χ0n) is 11.8. The number of hydrogen-bond acceptors (Lipinski definition) is 3. The second kappa shape index (κ2) is 5.22. The Labute approximate surface area is 146 Å². The van der Waals surface area contributed by atoms with E-state index in [1.54, 1.807) is 18.2 Å². The van der Waals surface area contributed by atoms with Gasteiger partial charge in [-0.2, -0.15) is 13.5 Å². The van der Waals surface area contributed by atoms with Gasteiger partial charge in [0.25, 0.3) is 10.1 Å². The highest BCUT2D eigenvalue weighted by Crippen LogP contribution is 2.33. The predicted octanol–water partition coefficient (Wildman–Crippen LogP) is 4.26. The van der Waals surface area contributed by atoms with E-state index in [1.165, 1.54) is 12.1 Å². The van der Waals surface area contributed by atoms with Crippen molar-refractivity contribution < 1.29 is 13.0 Å². The number of halogens is 2. The van der Waals surface area contributed by atoms with E-state index < -0.39 is 10.1 Å². The lowest BCUT2D eigenvalue weighted by Gasteiger charge is -1.99. The van der Waals surface area contributed by atoms with Crippen LogP contribution in [0.1, 0.15) is 0 Å². The molecule has 3 N–H and O–H groups in total. The Hall–Kier alpha value is -2.06. The molecule has 2 aromatic heterocycles. The van der Waals surface area contributed by atoms with E-state index in [0.29, 0.717) is 27.3 Å². The SMILES string of the molecule is O=S(=O)(O)c1cc(Cl)c2[nH]c(-c3n[nH]c4cc(Cl)ccc34)cc2c1. The molecule has 0 fully saturated rings. The molecule has 6 nitrogen and oxygen atoms in total. The molecule has 4 rings (SSSR count). The normalized spacial score (nSPS) is 12.3. The zero-order chi connectivity index (χ0) is 17.1. The van der Waals surface area contributed by atoms with Crippen molar-refractivity contribution >= 4 is 55.1 Å². The number of rotatable bonds is 2. The number of benzene rings is 2. The minimum atomic E-state index is -4.34. The summed E-state index contributed by atoms with van der Waals surface area (Å²) in [5.41, 5.74) is 2.65. The lowest BCUT2D eigenvalue weighted by Crippen LogP contribution is -1.97. The highest BCUT2D eigenvalue weighted by atomic mass is 35.5. The van der Waals surface area contributed by atoms with E-state index in [0.717, 1.165) is 10.9 Å². The van der Waals surface area contributed by atoms with Crippen molar-refractivity contribution in [1.29, 1.82) is 0 Å². The summed E-state index contributed by atoms with van der Waals surface area (Å²) in [6.45, 7) is 0. The number of nitrogens with one attached hydrogen (secondary N) is 2. The summed E-state index contributed by atoms with van der Waals surface area (Å²) in [7, 11) is -4.34. The minimum Gasteiger partial charge on any atom is -0.352 e. The molecule has 0 unspecified atom stereocenters. The summed E-state index contributed by atoms with van der Waals surface area (Å²) in [4.78, 5) is 2.87. The van der Waals surface area contributed by atoms with Crippen molar-refractivity contribution in [1.82, 2.24) is 15.2 Å². The van der Waals surface area contributed by atoms with Crippen LogP contribution in [-0.4, -0.2) is 28.2 Å². The Bertz CT molecular complexity index is 1210. The maximum absolute atomic E-state index is 11.3.